The first-order chi connectivity index (χ1) is 13.5. The third-order valence-electron chi connectivity index (χ3n) is 4.39. The molecule has 0 fully saturated rings. The highest BCUT2D eigenvalue weighted by Gasteiger charge is 2.00. The molecule has 0 heterocycles. The van der Waals surface area contributed by atoms with Crippen LogP contribution in [0, 0.1) is 0 Å². The highest BCUT2D eigenvalue weighted by molar-refractivity contribution is 5.75. The van der Waals surface area contributed by atoms with Crippen molar-refractivity contribution in [2.24, 2.45) is 0 Å². The van der Waals surface area contributed by atoms with Gasteiger partial charge < -0.3 is 28.4 Å². The van der Waals surface area contributed by atoms with Crippen molar-refractivity contribution in [2.45, 2.75) is 0 Å². The summed E-state index contributed by atoms with van der Waals surface area (Å²) < 4.78 is 0. The van der Waals surface area contributed by atoms with Gasteiger partial charge in [0.1, 0.15) is 0 Å². The second kappa shape index (κ2) is 9.82. The van der Waals surface area contributed by atoms with Crippen LogP contribution in [-0.4, -0.2) is 5.48 Å². The molecule has 148 valence electrons. The summed E-state index contributed by atoms with van der Waals surface area (Å²) in [5.41, 5.74) is 29.8. The predicted octanol–water partition coefficient (Wildman–Crippen LogP) is 4.21. The molecule has 0 aromatic heterocycles. The largest absolute Gasteiger partial charge is 0.412 e. The molecule has 0 aliphatic heterocycles. The molecule has 4 rings (SSSR count). The zero-order chi connectivity index (χ0) is 19.9. The smallest absolute Gasteiger partial charge is 0.0554 e. The van der Waals surface area contributed by atoms with E-state index in [9.17, 15) is 0 Å². The molecule has 0 saturated carbocycles. The Labute approximate surface area is 170 Å². The summed E-state index contributed by atoms with van der Waals surface area (Å²) in [6, 6.07) is 31.6. The van der Waals surface area contributed by atoms with E-state index in [0.29, 0.717) is 22.7 Å². The molecule has 0 aliphatic rings. The molecule has 0 spiro atoms. The molecule has 10 N–H and O–H groups in total. The van der Waals surface area contributed by atoms with Gasteiger partial charge in [-0.05, 0) is 46.5 Å². The van der Waals surface area contributed by atoms with Gasteiger partial charge in [0.15, 0.2) is 0 Å². The zero-order valence-corrected chi connectivity index (χ0v) is 16.0. The van der Waals surface area contributed by atoms with Gasteiger partial charge in [0.2, 0.25) is 0 Å². The normalized spacial score (nSPS) is 9.66. The van der Waals surface area contributed by atoms with Crippen LogP contribution in [0.25, 0.3) is 22.3 Å². The summed E-state index contributed by atoms with van der Waals surface area (Å²) in [5, 5.41) is 0. The van der Waals surface area contributed by atoms with Crippen LogP contribution in [0.15, 0.2) is 97.1 Å². The van der Waals surface area contributed by atoms with Gasteiger partial charge in [0.05, 0.1) is 22.7 Å². The molecule has 4 aromatic rings. The molecule has 29 heavy (non-hydrogen) atoms. The van der Waals surface area contributed by atoms with E-state index in [1.807, 2.05) is 97.1 Å². The van der Waals surface area contributed by atoms with E-state index < -0.39 is 0 Å². The number of benzene rings is 4. The van der Waals surface area contributed by atoms with Crippen molar-refractivity contribution in [1.29, 1.82) is 0 Å². The summed E-state index contributed by atoms with van der Waals surface area (Å²) >= 11 is 0. The Kier molecular flexibility index (Phi) is 7.23. The van der Waals surface area contributed by atoms with Gasteiger partial charge in [0, 0.05) is 0 Å². The lowest BCUT2D eigenvalue weighted by Crippen LogP contribution is -1.94. The zero-order valence-electron chi connectivity index (χ0n) is 16.0. The number of anilines is 4. The fourth-order valence-corrected chi connectivity index (χ4v) is 2.77. The lowest BCUT2D eigenvalue weighted by Gasteiger charge is -2.04. The first-order valence-electron chi connectivity index (χ1n) is 8.95. The maximum absolute atomic E-state index is 5.73. The molecule has 0 bridgehead atoms. The van der Waals surface area contributed by atoms with Crippen LogP contribution < -0.4 is 22.9 Å². The summed E-state index contributed by atoms with van der Waals surface area (Å²) in [4.78, 5) is 0. The minimum Gasteiger partial charge on any atom is -0.412 e. The fraction of sp³-hybridized carbons (Fsp3) is 0. The van der Waals surface area contributed by atoms with Crippen molar-refractivity contribution >= 4 is 22.7 Å². The van der Waals surface area contributed by atoms with Crippen LogP contribution in [-0.2, 0) is 0 Å². The van der Waals surface area contributed by atoms with Gasteiger partial charge in [-0.3, -0.25) is 0 Å². The SMILES string of the molecule is Nc1ccc(-c2ccccc2)cc1N.Nc1ccc(-c2ccccc2)cc1N.O. The molecule has 4 aromatic carbocycles. The van der Waals surface area contributed by atoms with E-state index in [-0.39, 0.29) is 5.48 Å². The van der Waals surface area contributed by atoms with E-state index in [2.05, 4.69) is 0 Å². The topological polar surface area (TPSA) is 136 Å². The van der Waals surface area contributed by atoms with Crippen molar-refractivity contribution in [3.8, 4) is 22.3 Å². The van der Waals surface area contributed by atoms with E-state index in [1.54, 1.807) is 0 Å². The lowest BCUT2D eigenvalue weighted by molar-refractivity contribution is 0.824. The summed E-state index contributed by atoms with van der Waals surface area (Å²) in [6.07, 6.45) is 0. The van der Waals surface area contributed by atoms with Crippen molar-refractivity contribution in [2.75, 3.05) is 22.9 Å². The fourth-order valence-electron chi connectivity index (χ4n) is 2.77. The Balaban J connectivity index is 0.000000200. The summed E-state index contributed by atoms with van der Waals surface area (Å²) in [6.45, 7) is 0. The van der Waals surface area contributed by atoms with Crippen molar-refractivity contribution in [1.82, 2.24) is 0 Å². The number of hydrogen-bond acceptors (Lipinski definition) is 4. The van der Waals surface area contributed by atoms with Gasteiger partial charge >= 0.3 is 0 Å². The van der Waals surface area contributed by atoms with E-state index in [4.69, 9.17) is 22.9 Å². The molecule has 0 unspecified atom stereocenters. The second-order valence-corrected chi connectivity index (χ2v) is 6.42. The van der Waals surface area contributed by atoms with Crippen molar-refractivity contribution < 1.29 is 5.48 Å². The average molecular weight is 386 g/mol. The van der Waals surface area contributed by atoms with Crippen molar-refractivity contribution in [3.05, 3.63) is 97.1 Å². The third kappa shape index (κ3) is 5.51. The van der Waals surface area contributed by atoms with Gasteiger partial charge in [-0.15, -0.1) is 0 Å². The number of hydrogen-bond donors (Lipinski definition) is 4. The molecular formula is C24H26N4O. The highest BCUT2D eigenvalue weighted by Crippen LogP contribution is 2.25. The molecule has 0 radical (unpaired) electrons. The lowest BCUT2D eigenvalue weighted by atomic mass is 10.0. The molecule has 0 saturated heterocycles. The maximum Gasteiger partial charge on any atom is 0.0554 e. The summed E-state index contributed by atoms with van der Waals surface area (Å²) in [5.74, 6) is 0. The average Bonchev–Trinajstić information content (AvgIpc) is 2.74. The quantitative estimate of drug-likeness (QED) is 0.384. The standard InChI is InChI=1S/2C12H12N2.H2O/c2*13-11-7-6-10(8-12(11)14)9-4-2-1-3-5-9;/h2*1-8H,13-14H2;1H2. The number of nitrogens with two attached hydrogens (primary N) is 4. The van der Waals surface area contributed by atoms with Crippen LogP contribution in [0.2, 0.25) is 0 Å². The second-order valence-electron chi connectivity index (χ2n) is 6.42. The van der Waals surface area contributed by atoms with Crippen LogP contribution in [0.4, 0.5) is 22.7 Å². The Morgan fingerprint density at radius 3 is 1.00 bits per heavy atom. The van der Waals surface area contributed by atoms with Crippen LogP contribution in [0.3, 0.4) is 0 Å². The predicted molar refractivity (Wildman–Crippen MR) is 125 cm³/mol. The molecule has 0 amide bonds. The van der Waals surface area contributed by atoms with E-state index in [1.165, 1.54) is 0 Å². The molecular weight excluding hydrogens is 360 g/mol. The monoisotopic (exact) mass is 386 g/mol. The minimum absolute atomic E-state index is 0. The van der Waals surface area contributed by atoms with Gasteiger partial charge in [-0.1, -0.05) is 72.8 Å². The van der Waals surface area contributed by atoms with Crippen LogP contribution in [0.1, 0.15) is 0 Å². The van der Waals surface area contributed by atoms with E-state index >= 15 is 0 Å². The van der Waals surface area contributed by atoms with Crippen LogP contribution in [0.5, 0.6) is 0 Å². The highest BCUT2D eigenvalue weighted by atomic mass is 16.0. The first kappa shape index (κ1) is 21.3. The number of nitrogen functional groups attached to an aromatic ring is 4. The van der Waals surface area contributed by atoms with Gasteiger partial charge in [0.25, 0.3) is 0 Å². The van der Waals surface area contributed by atoms with Crippen LogP contribution >= 0.6 is 0 Å². The molecule has 5 nitrogen and oxygen atoms in total. The Morgan fingerprint density at radius 1 is 0.345 bits per heavy atom. The van der Waals surface area contributed by atoms with Gasteiger partial charge in [-0.25, -0.2) is 0 Å². The van der Waals surface area contributed by atoms with E-state index in [0.717, 1.165) is 22.3 Å². The van der Waals surface area contributed by atoms with Gasteiger partial charge in [-0.2, -0.15) is 0 Å². The maximum atomic E-state index is 5.73. The minimum atomic E-state index is 0. The number of rotatable bonds is 2. The Bertz CT molecular complexity index is 964. The molecule has 0 aliphatic carbocycles. The summed E-state index contributed by atoms with van der Waals surface area (Å²) in [7, 11) is 0. The Hall–Kier alpha value is -3.96. The van der Waals surface area contributed by atoms with Crippen molar-refractivity contribution in [3.63, 3.8) is 0 Å². The first-order valence-corrected chi connectivity index (χ1v) is 8.95. The molecule has 5 heteroatoms. The Morgan fingerprint density at radius 2 is 0.690 bits per heavy atom. The molecule has 0 atom stereocenters. The third-order valence-corrected chi connectivity index (χ3v) is 4.39.